The van der Waals surface area contributed by atoms with Gasteiger partial charge in [0.25, 0.3) is 0 Å². The molecule has 0 aromatic heterocycles. The van der Waals surface area contributed by atoms with E-state index in [1.165, 1.54) is 0 Å². The Bertz CT molecular complexity index is 323. The number of halogens is 1. The summed E-state index contributed by atoms with van der Waals surface area (Å²) in [7, 11) is 3.34. The highest BCUT2D eigenvalue weighted by Crippen LogP contribution is 2.24. The summed E-state index contributed by atoms with van der Waals surface area (Å²) < 4.78 is 10.7. The van der Waals surface area contributed by atoms with Gasteiger partial charge < -0.3 is 14.4 Å². The van der Waals surface area contributed by atoms with Crippen molar-refractivity contribution in [1.29, 1.82) is 0 Å². The lowest BCUT2D eigenvalue weighted by molar-refractivity contribution is 0.0427. The van der Waals surface area contributed by atoms with Gasteiger partial charge in [0.2, 0.25) is 0 Å². The van der Waals surface area contributed by atoms with Crippen LogP contribution in [0.3, 0.4) is 0 Å². The molecule has 2 unspecified atom stereocenters. The highest BCUT2D eigenvalue weighted by molar-refractivity contribution is 6.30. The van der Waals surface area contributed by atoms with Gasteiger partial charge in [0.05, 0.1) is 0 Å². The van der Waals surface area contributed by atoms with Crippen LogP contribution in [-0.4, -0.2) is 26.7 Å². The van der Waals surface area contributed by atoms with Gasteiger partial charge >= 0.3 is 0 Å². The summed E-state index contributed by atoms with van der Waals surface area (Å²) in [6, 6.07) is 7.64. The molecule has 0 aliphatic rings. The number of methoxy groups -OCH3 is 2. The number of ether oxygens (including phenoxy) is 2. The number of benzene rings is 1. The van der Waals surface area contributed by atoms with Crippen molar-refractivity contribution in [2.75, 3.05) is 19.1 Å². The number of anilines is 1. The lowest BCUT2D eigenvalue weighted by Gasteiger charge is -2.34. The minimum atomic E-state index is -0.0755. The fourth-order valence-electron chi connectivity index (χ4n) is 1.58. The minimum absolute atomic E-state index is 0.0755. The van der Waals surface area contributed by atoms with Crippen LogP contribution in [0.1, 0.15) is 13.8 Å². The Morgan fingerprint density at radius 2 is 1.69 bits per heavy atom. The third-order valence-electron chi connectivity index (χ3n) is 2.57. The molecule has 0 bridgehead atoms. The van der Waals surface area contributed by atoms with Gasteiger partial charge in [-0.15, -0.1) is 0 Å². The Morgan fingerprint density at radius 3 is 2.12 bits per heavy atom. The highest BCUT2D eigenvalue weighted by atomic mass is 35.5. The average molecular weight is 244 g/mol. The van der Waals surface area contributed by atoms with Gasteiger partial charge in [0, 0.05) is 24.9 Å². The zero-order valence-corrected chi connectivity index (χ0v) is 10.9. The fourth-order valence-corrected chi connectivity index (χ4v) is 1.76. The summed E-state index contributed by atoms with van der Waals surface area (Å²) in [4.78, 5) is 2.02. The molecule has 2 atom stereocenters. The first-order valence-electron chi connectivity index (χ1n) is 5.19. The largest absolute Gasteiger partial charge is 0.362 e. The Labute approximate surface area is 102 Å². The fraction of sp³-hybridized carbons (Fsp3) is 0.500. The third-order valence-corrected chi connectivity index (χ3v) is 2.81. The molecule has 16 heavy (non-hydrogen) atoms. The molecule has 0 fully saturated rings. The van der Waals surface area contributed by atoms with Gasteiger partial charge in [-0.05, 0) is 32.0 Å². The van der Waals surface area contributed by atoms with Gasteiger partial charge in [-0.2, -0.15) is 0 Å². The van der Waals surface area contributed by atoms with Gasteiger partial charge in [-0.25, -0.2) is 0 Å². The third kappa shape index (κ3) is 3.11. The maximum absolute atomic E-state index is 5.98. The molecule has 0 amide bonds. The number of rotatable bonds is 5. The molecular formula is C12H18ClNO2. The van der Waals surface area contributed by atoms with Crippen molar-refractivity contribution in [3.05, 3.63) is 29.3 Å². The predicted octanol–water partition coefficient (Wildman–Crippen LogP) is 3.13. The van der Waals surface area contributed by atoms with Crippen LogP contribution < -0.4 is 4.90 Å². The molecular weight excluding hydrogens is 226 g/mol. The van der Waals surface area contributed by atoms with Crippen LogP contribution in [0.4, 0.5) is 5.69 Å². The lowest BCUT2D eigenvalue weighted by Crippen LogP contribution is -2.42. The summed E-state index contributed by atoms with van der Waals surface area (Å²) in [6.45, 7) is 3.94. The molecule has 0 heterocycles. The van der Waals surface area contributed by atoms with Crippen LogP contribution in [-0.2, 0) is 9.47 Å². The van der Waals surface area contributed by atoms with Gasteiger partial charge in [-0.1, -0.05) is 17.7 Å². The molecule has 90 valence electrons. The number of hydrogen-bond acceptors (Lipinski definition) is 3. The summed E-state index contributed by atoms with van der Waals surface area (Å²) in [5.41, 5.74) is 0.983. The second kappa shape index (κ2) is 6.09. The second-order valence-corrected chi connectivity index (χ2v) is 3.99. The van der Waals surface area contributed by atoms with Gasteiger partial charge in [-0.3, -0.25) is 0 Å². The van der Waals surface area contributed by atoms with Crippen LogP contribution in [0.5, 0.6) is 0 Å². The Hall–Kier alpha value is -0.770. The van der Waals surface area contributed by atoms with E-state index in [-0.39, 0.29) is 12.5 Å². The molecule has 0 N–H and O–H groups in total. The van der Waals surface area contributed by atoms with Crippen molar-refractivity contribution >= 4 is 17.3 Å². The van der Waals surface area contributed by atoms with E-state index in [0.29, 0.717) is 5.02 Å². The quantitative estimate of drug-likeness (QED) is 0.742. The molecule has 0 saturated carbocycles. The normalized spacial score (nSPS) is 14.6. The van der Waals surface area contributed by atoms with Crippen molar-refractivity contribution in [3.63, 3.8) is 0 Å². The van der Waals surface area contributed by atoms with E-state index in [9.17, 15) is 0 Å². The van der Waals surface area contributed by atoms with E-state index in [0.717, 1.165) is 5.69 Å². The van der Waals surface area contributed by atoms with E-state index >= 15 is 0 Å². The van der Waals surface area contributed by atoms with Crippen molar-refractivity contribution in [3.8, 4) is 0 Å². The first kappa shape index (κ1) is 13.3. The maximum atomic E-state index is 5.98. The van der Waals surface area contributed by atoms with Crippen molar-refractivity contribution in [2.45, 2.75) is 26.3 Å². The molecule has 1 rings (SSSR count). The molecule has 3 nitrogen and oxygen atoms in total. The van der Waals surface area contributed by atoms with Crippen LogP contribution in [0, 0.1) is 0 Å². The van der Waals surface area contributed by atoms with Crippen LogP contribution in [0.2, 0.25) is 5.02 Å². The van der Waals surface area contributed by atoms with Gasteiger partial charge in [0.1, 0.15) is 12.5 Å². The molecule has 0 radical (unpaired) electrons. The molecule has 4 heteroatoms. The predicted molar refractivity (Wildman–Crippen MR) is 66.9 cm³/mol. The first-order chi connectivity index (χ1) is 7.60. The summed E-state index contributed by atoms with van der Waals surface area (Å²) >= 11 is 5.98. The lowest BCUT2D eigenvalue weighted by atomic mass is 10.2. The zero-order valence-electron chi connectivity index (χ0n) is 10.1. The van der Waals surface area contributed by atoms with Crippen LogP contribution in [0.15, 0.2) is 24.3 Å². The highest BCUT2D eigenvalue weighted by Gasteiger charge is 2.20. The van der Waals surface area contributed by atoms with Crippen molar-refractivity contribution < 1.29 is 9.47 Å². The molecule has 1 aromatic rings. The SMILES string of the molecule is COC(C)N(c1cccc(Cl)c1)C(C)OC. The smallest absolute Gasteiger partial charge is 0.129 e. The van der Waals surface area contributed by atoms with Crippen molar-refractivity contribution in [1.82, 2.24) is 0 Å². The minimum Gasteiger partial charge on any atom is -0.362 e. The van der Waals surface area contributed by atoms with Crippen molar-refractivity contribution in [2.24, 2.45) is 0 Å². The topological polar surface area (TPSA) is 21.7 Å². The van der Waals surface area contributed by atoms with E-state index in [4.69, 9.17) is 21.1 Å². The summed E-state index contributed by atoms with van der Waals surface area (Å²) in [5, 5.41) is 0.703. The zero-order chi connectivity index (χ0) is 12.1. The standard InChI is InChI=1S/C12H18ClNO2/c1-9(15-3)14(10(2)16-4)12-7-5-6-11(13)8-12/h5-10H,1-4H3. The van der Waals surface area contributed by atoms with Crippen LogP contribution in [0.25, 0.3) is 0 Å². The Kier molecular flexibility index (Phi) is 5.06. The van der Waals surface area contributed by atoms with E-state index in [1.54, 1.807) is 14.2 Å². The monoisotopic (exact) mass is 243 g/mol. The summed E-state index contributed by atoms with van der Waals surface area (Å²) in [5.74, 6) is 0. The molecule has 0 saturated heterocycles. The number of hydrogen-bond donors (Lipinski definition) is 0. The maximum Gasteiger partial charge on any atom is 0.129 e. The van der Waals surface area contributed by atoms with Gasteiger partial charge in [0.15, 0.2) is 0 Å². The van der Waals surface area contributed by atoms with E-state index < -0.39 is 0 Å². The number of nitrogens with zero attached hydrogens (tertiary/aromatic N) is 1. The molecule has 1 aromatic carbocycles. The summed E-state index contributed by atoms with van der Waals surface area (Å²) in [6.07, 6.45) is -0.151. The average Bonchev–Trinajstić information content (AvgIpc) is 2.29. The van der Waals surface area contributed by atoms with E-state index in [1.807, 2.05) is 43.0 Å². The molecule has 0 aliphatic carbocycles. The van der Waals surface area contributed by atoms with E-state index in [2.05, 4.69) is 0 Å². The Morgan fingerprint density at radius 1 is 1.12 bits per heavy atom. The van der Waals surface area contributed by atoms with Crippen LogP contribution >= 0.6 is 11.6 Å². The first-order valence-corrected chi connectivity index (χ1v) is 5.57. The Balaban J connectivity index is 3.00. The molecule has 0 aliphatic heterocycles. The second-order valence-electron chi connectivity index (χ2n) is 3.56. The molecule has 0 spiro atoms.